The number of rotatable bonds is 5. The van der Waals surface area contributed by atoms with E-state index in [1.807, 2.05) is 19.9 Å². The molecule has 0 fully saturated rings. The molecule has 2 aromatic carbocycles. The van der Waals surface area contributed by atoms with E-state index in [1.165, 1.54) is 6.07 Å². The van der Waals surface area contributed by atoms with Crippen molar-refractivity contribution < 1.29 is 13.2 Å². The van der Waals surface area contributed by atoms with Crippen molar-refractivity contribution >= 4 is 49.7 Å². The fraction of sp³-hybridized carbons (Fsp3) is 0.118. The Labute approximate surface area is 165 Å². The minimum atomic E-state index is -3.94. The summed E-state index contributed by atoms with van der Waals surface area (Å²) < 4.78 is 27.0. The standard InChI is InChI=1S/C17H15ClN4O3S2/c1-10-4-3-5-12(8-10)15(23)19-16-20-21-17(26-16)27(24,25)22-13-7-6-11(2)14(18)9-13/h3-9,22H,1-2H3,(H,19,20,23). The molecule has 0 unspecified atom stereocenters. The number of nitrogens with one attached hydrogen (secondary N) is 2. The summed E-state index contributed by atoms with van der Waals surface area (Å²) in [7, 11) is -3.94. The molecule has 0 aliphatic rings. The molecule has 27 heavy (non-hydrogen) atoms. The van der Waals surface area contributed by atoms with Gasteiger partial charge >= 0.3 is 0 Å². The molecular formula is C17H15ClN4O3S2. The Kier molecular flexibility index (Phi) is 5.45. The molecule has 1 amide bonds. The van der Waals surface area contributed by atoms with Crippen molar-refractivity contribution in [3.63, 3.8) is 0 Å². The number of aromatic nitrogens is 2. The Bertz CT molecular complexity index is 1110. The molecule has 3 aromatic rings. The van der Waals surface area contributed by atoms with E-state index in [1.54, 1.807) is 30.3 Å². The third-order valence-electron chi connectivity index (χ3n) is 3.56. The van der Waals surface area contributed by atoms with Crippen LogP contribution in [0, 0.1) is 13.8 Å². The summed E-state index contributed by atoms with van der Waals surface area (Å²) in [5, 5.41) is 10.5. The van der Waals surface area contributed by atoms with Crippen LogP contribution >= 0.6 is 22.9 Å². The number of hydrogen-bond acceptors (Lipinski definition) is 6. The smallest absolute Gasteiger partial charge is 0.291 e. The molecule has 1 heterocycles. The first-order chi connectivity index (χ1) is 12.7. The van der Waals surface area contributed by atoms with E-state index in [0.717, 1.165) is 22.5 Å². The van der Waals surface area contributed by atoms with Crippen molar-refractivity contribution in [2.75, 3.05) is 10.0 Å². The summed E-state index contributed by atoms with van der Waals surface area (Å²) in [5.41, 5.74) is 2.52. The maximum absolute atomic E-state index is 12.5. The Morgan fingerprint density at radius 3 is 2.59 bits per heavy atom. The second-order valence-corrected chi connectivity index (χ2v) is 9.01. The van der Waals surface area contributed by atoms with Crippen LogP contribution in [-0.4, -0.2) is 24.5 Å². The van der Waals surface area contributed by atoms with Gasteiger partial charge in [0.15, 0.2) is 0 Å². The lowest BCUT2D eigenvalue weighted by atomic mass is 10.1. The van der Waals surface area contributed by atoms with Crippen molar-refractivity contribution in [3.8, 4) is 0 Å². The van der Waals surface area contributed by atoms with E-state index in [-0.39, 0.29) is 9.47 Å². The van der Waals surface area contributed by atoms with Crippen LogP contribution in [0.2, 0.25) is 5.02 Å². The van der Waals surface area contributed by atoms with Crippen molar-refractivity contribution in [2.45, 2.75) is 18.2 Å². The van der Waals surface area contributed by atoms with Crippen molar-refractivity contribution in [1.29, 1.82) is 0 Å². The fourth-order valence-electron chi connectivity index (χ4n) is 2.18. The van der Waals surface area contributed by atoms with Crippen molar-refractivity contribution in [2.24, 2.45) is 0 Å². The number of benzene rings is 2. The Hall–Kier alpha value is -2.49. The topological polar surface area (TPSA) is 101 Å². The zero-order valence-electron chi connectivity index (χ0n) is 14.4. The summed E-state index contributed by atoms with van der Waals surface area (Å²) in [6.45, 7) is 3.68. The molecule has 140 valence electrons. The zero-order chi connectivity index (χ0) is 19.6. The van der Waals surface area contributed by atoms with Gasteiger partial charge in [0, 0.05) is 10.6 Å². The maximum Gasteiger partial charge on any atom is 0.291 e. The molecule has 0 bridgehead atoms. The van der Waals surface area contributed by atoms with Gasteiger partial charge in [-0.1, -0.05) is 46.7 Å². The number of aryl methyl sites for hydroxylation is 2. The van der Waals surface area contributed by atoms with Crippen molar-refractivity contribution in [1.82, 2.24) is 10.2 Å². The lowest BCUT2D eigenvalue weighted by Crippen LogP contribution is -2.12. The molecule has 7 nitrogen and oxygen atoms in total. The minimum absolute atomic E-state index is 0.0869. The quantitative estimate of drug-likeness (QED) is 0.608. The second-order valence-electron chi connectivity index (χ2n) is 5.77. The van der Waals surface area contributed by atoms with Crippen molar-refractivity contribution in [3.05, 3.63) is 64.2 Å². The zero-order valence-corrected chi connectivity index (χ0v) is 16.7. The molecule has 0 radical (unpaired) electrons. The van der Waals surface area contributed by atoms with E-state index >= 15 is 0 Å². The van der Waals surface area contributed by atoms with Gasteiger partial charge in [-0.05, 0) is 43.7 Å². The normalized spacial score (nSPS) is 11.2. The average Bonchev–Trinajstić information content (AvgIpc) is 3.07. The van der Waals surface area contributed by atoms with Crippen LogP contribution in [0.3, 0.4) is 0 Å². The summed E-state index contributed by atoms with van der Waals surface area (Å²) in [4.78, 5) is 12.2. The number of anilines is 2. The fourth-order valence-corrected chi connectivity index (χ4v) is 4.31. The number of amides is 1. The summed E-state index contributed by atoms with van der Waals surface area (Å²) in [6.07, 6.45) is 0. The molecule has 3 rings (SSSR count). The molecule has 0 spiro atoms. The third kappa shape index (κ3) is 4.62. The van der Waals surface area contributed by atoms with Gasteiger partial charge in [0.25, 0.3) is 20.3 Å². The van der Waals surface area contributed by atoms with Crippen LogP contribution in [0.5, 0.6) is 0 Å². The van der Waals surface area contributed by atoms with Crippen LogP contribution in [-0.2, 0) is 10.0 Å². The lowest BCUT2D eigenvalue weighted by molar-refractivity contribution is 0.102. The van der Waals surface area contributed by atoms with Crippen LogP contribution in [0.15, 0.2) is 46.8 Å². The highest BCUT2D eigenvalue weighted by Gasteiger charge is 2.21. The van der Waals surface area contributed by atoms with Crippen LogP contribution < -0.4 is 10.0 Å². The molecule has 0 saturated heterocycles. The Morgan fingerprint density at radius 2 is 1.89 bits per heavy atom. The largest absolute Gasteiger partial charge is 0.296 e. The minimum Gasteiger partial charge on any atom is -0.296 e. The number of carbonyl (C=O) groups excluding carboxylic acids is 1. The van der Waals surface area contributed by atoms with Gasteiger partial charge in [0.05, 0.1) is 5.69 Å². The van der Waals surface area contributed by atoms with Gasteiger partial charge in [-0.25, -0.2) is 0 Å². The molecule has 1 aromatic heterocycles. The third-order valence-corrected chi connectivity index (χ3v) is 6.56. The molecule has 0 aliphatic carbocycles. The van der Waals surface area contributed by atoms with Gasteiger partial charge in [0.1, 0.15) is 0 Å². The predicted molar refractivity (Wildman–Crippen MR) is 106 cm³/mol. The molecular weight excluding hydrogens is 408 g/mol. The van der Waals surface area contributed by atoms with Crippen LogP contribution in [0.25, 0.3) is 0 Å². The van der Waals surface area contributed by atoms with Crippen LogP contribution in [0.4, 0.5) is 10.8 Å². The van der Waals surface area contributed by atoms with E-state index < -0.39 is 15.9 Å². The summed E-state index contributed by atoms with van der Waals surface area (Å²) in [5.74, 6) is -0.392. The first-order valence-electron chi connectivity index (χ1n) is 7.75. The highest BCUT2D eigenvalue weighted by atomic mass is 35.5. The maximum atomic E-state index is 12.5. The van der Waals surface area contributed by atoms with E-state index in [9.17, 15) is 13.2 Å². The average molecular weight is 423 g/mol. The summed E-state index contributed by atoms with van der Waals surface area (Å²) in [6, 6.07) is 11.8. The molecule has 2 N–H and O–H groups in total. The van der Waals surface area contributed by atoms with Gasteiger partial charge in [-0.15, -0.1) is 10.2 Å². The van der Waals surface area contributed by atoms with Gasteiger partial charge in [-0.3, -0.25) is 14.8 Å². The van der Waals surface area contributed by atoms with Gasteiger partial charge in [0.2, 0.25) is 5.13 Å². The van der Waals surface area contributed by atoms with E-state index in [4.69, 9.17) is 11.6 Å². The summed E-state index contributed by atoms with van der Waals surface area (Å²) >= 11 is 6.77. The van der Waals surface area contributed by atoms with Gasteiger partial charge < -0.3 is 0 Å². The van der Waals surface area contributed by atoms with E-state index in [2.05, 4.69) is 20.2 Å². The highest BCUT2D eigenvalue weighted by molar-refractivity contribution is 7.94. The monoisotopic (exact) mass is 422 g/mol. The molecule has 10 heteroatoms. The lowest BCUT2D eigenvalue weighted by Gasteiger charge is -2.06. The highest BCUT2D eigenvalue weighted by Crippen LogP contribution is 2.25. The number of sulfonamides is 1. The Balaban J connectivity index is 1.75. The van der Waals surface area contributed by atoms with Crippen LogP contribution in [0.1, 0.15) is 21.5 Å². The first kappa shape index (κ1) is 19.3. The Morgan fingerprint density at radius 1 is 1.11 bits per heavy atom. The number of carbonyl (C=O) groups is 1. The molecule has 0 atom stereocenters. The number of nitrogens with zero attached hydrogens (tertiary/aromatic N) is 2. The first-order valence-corrected chi connectivity index (χ1v) is 10.4. The molecule has 0 aliphatic heterocycles. The molecule has 0 saturated carbocycles. The predicted octanol–water partition coefficient (Wildman–Crippen LogP) is 3.86. The number of halogens is 1. The number of hydrogen-bond donors (Lipinski definition) is 2. The SMILES string of the molecule is Cc1cccc(C(=O)Nc2nnc(S(=O)(=O)Nc3ccc(C)c(Cl)c3)s2)c1. The second kappa shape index (κ2) is 7.63. The van der Waals surface area contributed by atoms with E-state index in [0.29, 0.717) is 16.3 Å². The van der Waals surface area contributed by atoms with Gasteiger partial charge in [-0.2, -0.15) is 8.42 Å².